The highest BCUT2D eigenvalue weighted by Crippen LogP contribution is 2.29. The van der Waals surface area contributed by atoms with E-state index in [2.05, 4.69) is 6.08 Å². The molecule has 1 fully saturated rings. The summed E-state index contributed by atoms with van der Waals surface area (Å²) in [5.41, 5.74) is 3.24. The predicted octanol–water partition coefficient (Wildman–Crippen LogP) is 4.67. The van der Waals surface area contributed by atoms with Crippen LogP contribution < -0.4 is 9.64 Å². The van der Waals surface area contributed by atoms with Crippen molar-refractivity contribution in [2.45, 2.75) is 51.5 Å². The van der Waals surface area contributed by atoms with Gasteiger partial charge in [0.25, 0.3) is 11.8 Å². The third kappa shape index (κ3) is 4.85. The van der Waals surface area contributed by atoms with E-state index < -0.39 is 6.04 Å². The quantitative estimate of drug-likeness (QED) is 0.458. The number of methoxy groups -OCH3 is 1. The van der Waals surface area contributed by atoms with E-state index >= 15 is 0 Å². The van der Waals surface area contributed by atoms with E-state index in [1.165, 1.54) is 16.9 Å². The summed E-state index contributed by atoms with van der Waals surface area (Å²) >= 11 is 0. The molecule has 1 aliphatic heterocycles. The highest BCUT2D eigenvalue weighted by Gasteiger charge is 2.44. The van der Waals surface area contributed by atoms with Gasteiger partial charge in [0.05, 0.1) is 19.2 Å². The number of imide groups is 1. The van der Waals surface area contributed by atoms with Crippen LogP contribution in [0.2, 0.25) is 0 Å². The largest absolute Gasteiger partial charge is 0.497 e. The molecule has 2 aliphatic rings. The van der Waals surface area contributed by atoms with Crippen LogP contribution in [-0.2, 0) is 9.59 Å². The molecule has 6 nitrogen and oxygen atoms in total. The number of nitrogens with zero attached hydrogens (tertiary/aromatic N) is 2. The number of hydrogen-bond acceptors (Lipinski definition) is 4. The van der Waals surface area contributed by atoms with E-state index in [9.17, 15) is 14.4 Å². The molecule has 2 aromatic carbocycles. The lowest BCUT2D eigenvalue weighted by Gasteiger charge is -2.29. The maximum atomic E-state index is 13.6. The molecule has 0 radical (unpaired) electrons. The number of aryl methyl sites for hydroxylation is 1. The number of benzene rings is 2. The SMILES string of the molecule is COc1ccc(N2C(=O)CC(N(CCC3=CCCCC3)C(=O)c3ccccc3C)C2=O)cc1. The molecular weight excluding hydrogens is 416 g/mol. The van der Waals surface area contributed by atoms with Crippen molar-refractivity contribution in [3.05, 3.63) is 71.3 Å². The zero-order chi connectivity index (χ0) is 23.4. The van der Waals surface area contributed by atoms with Crippen LogP contribution in [0, 0.1) is 6.92 Å². The summed E-state index contributed by atoms with van der Waals surface area (Å²) in [5, 5.41) is 0. The van der Waals surface area contributed by atoms with Gasteiger partial charge in [-0.1, -0.05) is 29.8 Å². The first-order valence-electron chi connectivity index (χ1n) is 11.5. The minimum absolute atomic E-state index is 0.0124. The Morgan fingerprint density at radius 3 is 2.52 bits per heavy atom. The molecule has 6 heteroatoms. The van der Waals surface area contributed by atoms with Crippen molar-refractivity contribution in [2.24, 2.45) is 0 Å². The van der Waals surface area contributed by atoms with Crippen LogP contribution in [0.15, 0.2) is 60.2 Å². The molecule has 2 aromatic rings. The standard InChI is InChI=1S/C27H30N2O4/c1-19-8-6-7-11-23(19)26(31)28(17-16-20-9-4-3-5-10-20)24-18-25(30)29(27(24)32)21-12-14-22(33-2)15-13-21/h6-9,11-15,24H,3-5,10,16-18H2,1-2H3. The molecule has 1 unspecified atom stereocenters. The van der Waals surface area contributed by atoms with Gasteiger partial charge in [-0.3, -0.25) is 14.4 Å². The molecule has 1 saturated heterocycles. The summed E-state index contributed by atoms with van der Waals surface area (Å²) in [6.45, 7) is 2.31. The monoisotopic (exact) mass is 446 g/mol. The van der Waals surface area contributed by atoms with Gasteiger partial charge >= 0.3 is 0 Å². The summed E-state index contributed by atoms with van der Waals surface area (Å²) in [6.07, 6.45) is 7.41. The first-order valence-corrected chi connectivity index (χ1v) is 11.5. The first-order chi connectivity index (χ1) is 16.0. The van der Waals surface area contributed by atoms with Crippen molar-refractivity contribution in [1.82, 2.24) is 4.90 Å². The lowest BCUT2D eigenvalue weighted by Crippen LogP contribution is -2.46. The van der Waals surface area contributed by atoms with Crippen molar-refractivity contribution in [2.75, 3.05) is 18.6 Å². The summed E-state index contributed by atoms with van der Waals surface area (Å²) in [5.74, 6) is -0.210. The van der Waals surface area contributed by atoms with Gasteiger partial charge in [-0.25, -0.2) is 4.90 Å². The normalized spacial score (nSPS) is 18.3. The number of amides is 3. The molecule has 1 atom stereocenters. The fourth-order valence-electron chi connectivity index (χ4n) is 4.62. The Morgan fingerprint density at radius 1 is 1.09 bits per heavy atom. The second-order valence-corrected chi connectivity index (χ2v) is 8.66. The topological polar surface area (TPSA) is 66.9 Å². The molecule has 4 rings (SSSR count). The second-order valence-electron chi connectivity index (χ2n) is 8.66. The Balaban J connectivity index is 1.61. The zero-order valence-electron chi connectivity index (χ0n) is 19.3. The Morgan fingerprint density at radius 2 is 1.85 bits per heavy atom. The lowest BCUT2D eigenvalue weighted by atomic mass is 9.96. The third-order valence-corrected chi connectivity index (χ3v) is 6.52. The summed E-state index contributed by atoms with van der Waals surface area (Å²) in [4.78, 5) is 42.8. The Bertz CT molecular complexity index is 1070. The van der Waals surface area contributed by atoms with E-state index in [-0.39, 0.29) is 24.1 Å². The Kier molecular flexibility index (Phi) is 6.92. The van der Waals surface area contributed by atoms with Crippen LogP contribution in [0.25, 0.3) is 0 Å². The Labute approximate surface area is 194 Å². The van der Waals surface area contributed by atoms with Crippen LogP contribution in [0.3, 0.4) is 0 Å². The van der Waals surface area contributed by atoms with E-state index in [4.69, 9.17) is 4.74 Å². The van der Waals surface area contributed by atoms with E-state index in [1.54, 1.807) is 42.3 Å². The predicted molar refractivity (Wildman–Crippen MR) is 127 cm³/mol. The molecule has 1 aliphatic carbocycles. The van der Waals surface area contributed by atoms with Gasteiger partial charge in [-0.15, -0.1) is 0 Å². The van der Waals surface area contributed by atoms with Crippen molar-refractivity contribution < 1.29 is 19.1 Å². The van der Waals surface area contributed by atoms with Gasteiger partial charge in [0.1, 0.15) is 11.8 Å². The number of anilines is 1. The molecule has 0 bridgehead atoms. The molecule has 3 amide bonds. The minimum Gasteiger partial charge on any atom is -0.497 e. The average molecular weight is 447 g/mol. The maximum Gasteiger partial charge on any atom is 0.257 e. The number of rotatable bonds is 7. The van der Waals surface area contributed by atoms with Crippen molar-refractivity contribution >= 4 is 23.4 Å². The lowest BCUT2D eigenvalue weighted by molar-refractivity contribution is -0.122. The number of allylic oxidation sites excluding steroid dienone is 1. The fourth-order valence-corrected chi connectivity index (χ4v) is 4.62. The fraction of sp³-hybridized carbons (Fsp3) is 0.370. The average Bonchev–Trinajstić information content (AvgIpc) is 3.13. The number of ether oxygens (including phenoxy) is 1. The van der Waals surface area contributed by atoms with Crippen molar-refractivity contribution in [3.8, 4) is 5.75 Å². The van der Waals surface area contributed by atoms with E-state index in [0.717, 1.165) is 31.2 Å². The summed E-state index contributed by atoms with van der Waals surface area (Å²) in [6, 6.07) is 13.4. The highest BCUT2D eigenvalue weighted by molar-refractivity contribution is 6.23. The smallest absolute Gasteiger partial charge is 0.257 e. The first kappa shape index (κ1) is 22.8. The molecule has 1 heterocycles. The minimum atomic E-state index is -0.809. The molecule has 172 valence electrons. The van der Waals surface area contributed by atoms with Crippen LogP contribution in [0.4, 0.5) is 5.69 Å². The van der Waals surface area contributed by atoms with Crippen molar-refractivity contribution in [1.29, 1.82) is 0 Å². The van der Waals surface area contributed by atoms with Gasteiger partial charge < -0.3 is 9.64 Å². The molecular formula is C27H30N2O4. The van der Waals surface area contributed by atoms with Gasteiger partial charge in [-0.05, 0) is 74.9 Å². The van der Waals surface area contributed by atoms with Gasteiger partial charge in [0.15, 0.2) is 0 Å². The molecule has 0 aromatic heterocycles. The van der Waals surface area contributed by atoms with Crippen LogP contribution >= 0.6 is 0 Å². The van der Waals surface area contributed by atoms with Gasteiger partial charge in [0.2, 0.25) is 5.91 Å². The maximum absolute atomic E-state index is 13.6. The summed E-state index contributed by atoms with van der Waals surface area (Å²) in [7, 11) is 1.56. The third-order valence-electron chi connectivity index (χ3n) is 6.52. The van der Waals surface area contributed by atoms with Crippen LogP contribution in [0.5, 0.6) is 5.75 Å². The molecule has 0 saturated carbocycles. The van der Waals surface area contributed by atoms with Crippen molar-refractivity contribution in [3.63, 3.8) is 0 Å². The number of carbonyl (C=O) groups is 3. The summed E-state index contributed by atoms with van der Waals surface area (Å²) < 4.78 is 5.18. The van der Waals surface area contributed by atoms with Crippen LogP contribution in [0.1, 0.15) is 54.4 Å². The van der Waals surface area contributed by atoms with E-state index in [1.807, 2.05) is 25.1 Å². The van der Waals surface area contributed by atoms with E-state index in [0.29, 0.717) is 23.5 Å². The van der Waals surface area contributed by atoms with Crippen LogP contribution in [-0.4, -0.2) is 42.3 Å². The van der Waals surface area contributed by atoms with Gasteiger partial charge in [0, 0.05) is 12.1 Å². The van der Waals surface area contributed by atoms with Gasteiger partial charge in [-0.2, -0.15) is 0 Å². The molecule has 0 spiro atoms. The number of carbonyl (C=O) groups excluding carboxylic acids is 3. The highest BCUT2D eigenvalue weighted by atomic mass is 16.5. The number of hydrogen-bond donors (Lipinski definition) is 0. The molecule has 33 heavy (non-hydrogen) atoms. The zero-order valence-corrected chi connectivity index (χ0v) is 19.3. The molecule has 0 N–H and O–H groups in total. The second kappa shape index (κ2) is 10.0. The Hall–Kier alpha value is -3.41.